The fourth-order valence-corrected chi connectivity index (χ4v) is 7.43. The molecule has 2 aliphatic carbocycles. The Bertz CT molecular complexity index is 2010. The van der Waals surface area contributed by atoms with Gasteiger partial charge < -0.3 is 0 Å². The van der Waals surface area contributed by atoms with Crippen molar-refractivity contribution in [2.24, 2.45) is 0 Å². The van der Waals surface area contributed by atoms with Crippen LogP contribution in [0.3, 0.4) is 0 Å². The summed E-state index contributed by atoms with van der Waals surface area (Å²) in [5, 5.41) is 5.29. The molecule has 0 bridgehead atoms. The van der Waals surface area contributed by atoms with E-state index in [9.17, 15) is 0 Å². The maximum atomic E-state index is 3.53. The van der Waals surface area contributed by atoms with Crippen LogP contribution in [0.4, 0.5) is 0 Å². The molecule has 0 amide bonds. The molecule has 0 saturated heterocycles. The van der Waals surface area contributed by atoms with E-state index in [1.54, 1.807) is 0 Å². The second-order valence-corrected chi connectivity index (χ2v) is 16.0. The molecule has 0 saturated carbocycles. The second-order valence-electron chi connectivity index (χ2n) is 14.8. The van der Waals surface area contributed by atoms with Crippen molar-refractivity contribution in [3.05, 3.63) is 179 Å². The van der Waals surface area contributed by atoms with E-state index in [2.05, 4.69) is 175 Å². The minimum atomic E-state index is 0. The molecule has 3 heteroatoms. The third-order valence-corrected chi connectivity index (χ3v) is 10.6. The van der Waals surface area contributed by atoms with E-state index < -0.39 is 0 Å². The van der Waals surface area contributed by atoms with Gasteiger partial charge in [-0.05, 0) is 17.4 Å². The van der Waals surface area contributed by atoms with Gasteiger partial charge in [-0.2, -0.15) is 35.4 Å². The Morgan fingerprint density at radius 1 is 0.620 bits per heavy atom. The average Bonchev–Trinajstić information content (AvgIpc) is 3.79. The molecule has 0 fully saturated rings. The van der Waals surface area contributed by atoms with Crippen LogP contribution in [-0.2, 0) is 41.5 Å². The van der Waals surface area contributed by atoms with Crippen molar-refractivity contribution >= 4 is 49.6 Å². The molecule has 2 aliphatic rings. The van der Waals surface area contributed by atoms with Crippen LogP contribution in [0.2, 0.25) is 0 Å². The summed E-state index contributed by atoms with van der Waals surface area (Å²) in [4.78, 5) is 0. The summed E-state index contributed by atoms with van der Waals surface area (Å²) in [5.74, 6) is 0. The van der Waals surface area contributed by atoms with Gasteiger partial charge in [-0.3, -0.25) is 6.08 Å². The molecule has 0 radical (unpaired) electrons. The quantitative estimate of drug-likeness (QED) is 0.154. The van der Waals surface area contributed by atoms with Crippen LogP contribution in [0, 0.1) is 12.1 Å². The zero-order valence-electron chi connectivity index (χ0n) is 29.9. The molecule has 252 valence electrons. The van der Waals surface area contributed by atoms with Gasteiger partial charge in [0.05, 0.1) is 0 Å². The van der Waals surface area contributed by atoms with E-state index in [-0.39, 0.29) is 35.6 Å². The Labute approximate surface area is 326 Å². The monoisotopic (exact) mass is 770 g/mol. The third-order valence-electron chi connectivity index (χ3n) is 9.23. The van der Waals surface area contributed by atoms with Gasteiger partial charge >= 0.3 is 145 Å². The molecule has 6 aromatic carbocycles. The molecule has 0 N–H and O–H groups in total. The number of rotatable bonds is 2. The van der Waals surface area contributed by atoms with Gasteiger partial charge in [0.2, 0.25) is 0 Å². The van der Waals surface area contributed by atoms with E-state index in [1.165, 1.54) is 93.5 Å². The Morgan fingerprint density at radius 3 is 1.66 bits per heavy atom. The topological polar surface area (TPSA) is 0 Å². The number of allylic oxidation sites excluding steroid dienone is 4. The first kappa shape index (κ1) is 39.4. The minimum absolute atomic E-state index is 0. The van der Waals surface area contributed by atoms with E-state index >= 15 is 0 Å². The maximum absolute atomic E-state index is 3.53. The van der Waals surface area contributed by atoms with Crippen molar-refractivity contribution < 1.29 is 24.2 Å². The van der Waals surface area contributed by atoms with Crippen molar-refractivity contribution in [1.29, 1.82) is 0 Å². The van der Waals surface area contributed by atoms with Crippen molar-refractivity contribution in [2.45, 2.75) is 65.2 Å². The predicted octanol–water partition coefficient (Wildman–Crippen LogP) is 12.9. The van der Waals surface area contributed by atoms with Crippen LogP contribution in [0.1, 0.15) is 81.3 Å². The molecule has 6 aromatic rings. The molecular weight excluding hydrogens is 727 g/mol. The molecule has 0 atom stereocenters. The average molecular weight is 773 g/mol. The number of hydrogen-bond donors (Lipinski definition) is 0. The summed E-state index contributed by atoms with van der Waals surface area (Å²) < 4.78 is 1.42. The van der Waals surface area contributed by atoms with Crippen LogP contribution < -0.4 is 0 Å². The van der Waals surface area contributed by atoms with Gasteiger partial charge in [0.15, 0.2) is 0 Å². The normalized spacial score (nSPS) is 12.5. The summed E-state index contributed by atoms with van der Waals surface area (Å²) in [7, 11) is 0. The number of hydrogen-bond acceptors (Lipinski definition) is 0. The summed E-state index contributed by atoms with van der Waals surface area (Å²) in [6.45, 7) is 13.6. The summed E-state index contributed by atoms with van der Waals surface area (Å²) in [5.41, 5.74) is 11.5. The second kappa shape index (κ2) is 16.8. The fraction of sp³-hybridized carbons (Fsp3) is 0.213. The first-order valence-corrected chi connectivity index (χ1v) is 18.2. The van der Waals surface area contributed by atoms with Gasteiger partial charge in [-0.25, -0.2) is 12.2 Å². The van der Waals surface area contributed by atoms with E-state index in [0.29, 0.717) is 0 Å². The van der Waals surface area contributed by atoms with Crippen LogP contribution in [-0.4, -0.2) is 3.21 Å². The van der Waals surface area contributed by atoms with Gasteiger partial charge in [0.1, 0.15) is 0 Å². The Balaban J connectivity index is 0.000000190. The Kier molecular flexibility index (Phi) is 13.2. The zero-order valence-corrected chi connectivity index (χ0v) is 34.0. The van der Waals surface area contributed by atoms with Crippen molar-refractivity contribution in [2.75, 3.05) is 0 Å². The molecule has 8 rings (SSSR count). The molecule has 0 unspecified atom stereocenters. The number of halogens is 2. The first-order valence-electron chi connectivity index (χ1n) is 17.0. The predicted molar refractivity (Wildman–Crippen MR) is 218 cm³/mol. The molecule has 0 aliphatic heterocycles. The van der Waals surface area contributed by atoms with Crippen molar-refractivity contribution in [3.8, 4) is 11.1 Å². The third kappa shape index (κ3) is 8.92. The van der Waals surface area contributed by atoms with Crippen LogP contribution in [0.25, 0.3) is 32.7 Å². The van der Waals surface area contributed by atoms with Crippen molar-refractivity contribution in [3.63, 3.8) is 0 Å². The zero-order chi connectivity index (χ0) is 33.9. The Hall–Kier alpha value is -3.35. The van der Waals surface area contributed by atoms with E-state index in [0.717, 1.165) is 12.8 Å². The molecule has 0 aromatic heterocycles. The van der Waals surface area contributed by atoms with Gasteiger partial charge in [0.25, 0.3) is 0 Å². The van der Waals surface area contributed by atoms with Gasteiger partial charge in [0, 0.05) is 0 Å². The van der Waals surface area contributed by atoms with Crippen LogP contribution in [0.5, 0.6) is 0 Å². The van der Waals surface area contributed by atoms with Crippen LogP contribution in [0.15, 0.2) is 133 Å². The summed E-state index contributed by atoms with van der Waals surface area (Å²) >= 11 is 1.44. The summed E-state index contributed by atoms with van der Waals surface area (Å²) in [6.07, 6.45) is 11.0. The number of fused-ring (bicyclic) bond motifs is 5. The van der Waals surface area contributed by atoms with E-state index in [4.69, 9.17) is 0 Å². The SMILES string of the molecule is CC(C)(C)c1c[c-]c2c(c1)-c1cc(C(C)(C)C)ccc1C2.Cl.Cl.[C-]1=CC=CC1.[Zr+2]=[C](c1cccc2ccccc12)c1cccc2ccccc12. The number of benzene rings is 6. The van der Waals surface area contributed by atoms with Gasteiger partial charge in [-0.1, -0.05) is 76.3 Å². The Morgan fingerprint density at radius 2 is 1.16 bits per heavy atom. The fourth-order valence-electron chi connectivity index (χ4n) is 6.36. The van der Waals surface area contributed by atoms with Crippen LogP contribution >= 0.6 is 24.8 Å². The summed E-state index contributed by atoms with van der Waals surface area (Å²) in [6, 6.07) is 45.5. The molecule has 50 heavy (non-hydrogen) atoms. The first-order chi connectivity index (χ1) is 23.0. The molecule has 0 spiro atoms. The molecular formula is C47H46Cl2Zr. The van der Waals surface area contributed by atoms with E-state index in [1.807, 2.05) is 12.2 Å². The van der Waals surface area contributed by atoms with Crippen molar-refractivity contribution in [1.82, 2.24) is 0 Å². The molecule has 0 nitrogen and oxygen atoms in total. The van der Waals surface area contributed by atoms with Gasteiger partial charge in [-0.15, -0.1) is 36.8 Å². The molecule has 0 heterocycles. The standard InChI is InChI=1S/C21H14.C21H25.C5H5.2ClH.Zr/c1-3-13-20-16(7-1)9-5-11-18(20)15-19-12-6-10-17-8-2-4-14-21(17)19;1-20(2,3)16-9-7-14-11-15-8-10-17(21(4,5)6)13-19(15)18(14)12-16;1-2-4-5-3-1;;;/h1-14H;7,9-10,12-13H,11H2,1-6H3;1-3H,4H2;2*1H;/q;2*-1;;;+2.